The number of benzene rings is 2. The maximum Gasteiger partial charge on any atom is -0.0162 e. The Hall–Kier alpha value is -1.56. The molecule has 0 nitrogen and oxygen atoms in total. The molecule has 0 unspecified atom stereocenters. The van der Waals surface area contributed by atoms with Gasteiger partial charge >= 0.3 is 0 Å². The minimum absolute atomic E-state index is 0.788. The Labute approximate surface area is 191 Å². The predicted octanol–water partition coefficient (Wildman–Crippen LogP) is 9.58. The summed E-state index contributed by atoms with van der Waals surface area (Å²) < 4.78 is 0. The number of rotatable bonds is 8. The van der Waals surface area contributed by atoms with E-state index >= 15 is 0 Å². The highest BCUT2D eigenvalue weighted by Gasteiger charge is 2.21. The van der Waals surface area contributed by atoms with Crippen molar-refractivity contribution in [2.75, 3.05) is 0 Å². The van der Waals surface area contributed by atoms with Gasteiger partial charge in [0.1, 0.15) is 0 Å². The van der Waals surface area contributed by atoms with E-state index in [0.717, 1.165) is 23.7 Å². The molecule has 2 fully saturated rings. The lowest BCUT2D eigenvalue weighted by atomic mass is 9.77. The Balaban J connectivity index is 1.26. The largest absolute Gasteiger partial charge is 0.0654 e. The van der Waals surface area contributed by atoms with E-state index in [9.17, 15) is 0 Å². The zero-order valence-electron chi connectivity index (χ0n) is 20.1. The summed E-state index contributed by atoms with van der Waals surface area (Å²) in [7, 11) is 0. The molecule has 2 aliphatic rings. The maximum atomic E-state index is 2.40. The Morgan fingerprint density at radius 2 is 1.10 bits per heavy atom. The van der Waals surface area contributed by atoms with Crippen molar-refractivity contribution in [1.29, 1.82) is 0 Å². The van der Waals surface area contributed by atoms with E-state index < -0.39 is 0 Å². The molecule has 2 aromatic rings. The van der Waals surface area contributed by atoms with Crippen molar-refractivity contribution in [3.8, 4) is 11.1 Å². The first-order chi connectivity index (χ1) is 15.2. The van der Waals surface area contributed by atoms with Crippen molar-refractivity contribution in [2.24, 2.45) is 17.8 Å². The summed E-state index contributed by atoms with van der Waals surface area (Å²) in [6.45, 7) is 4.69. The van der Waals surface area contributed by atoms with Gasteiger partial charge in [-0.3, -0.25) is 0 Å². The van der Waals surface area contributed by atoms with Crippen molar-refractivity contribution < 1.29 is 0 Å². The van der Waals surface area contributed by atoms with E-state index in [1.54, 1.807) is 5.56 Å². The monoisotopic (exact) mass is 416 g/mol. The third kappa shape index (κ3) is 6.24. The summed E-state index contributed by atoms with van der Waals surface area (Å²) in [6, 6.07) is 18.9. The molecular weight excluding hydrogens is 372 g/mol. The van der Waals surface area contributed by atoms with Gasteiger partial charge in [-0.1, -0.05) is 107 Å². The second kappa shape index (κ2) is 11.3. The van der Waals surface area contributed by atoms with Gasteiger partial charge in [0.2, 0.25) is 0 Å². The molecule has 0 bridgehead atoms. The number of aryl methyl sites for hydroxylation is 1. The standard InChI is InChI=1S/C31H44/c1-3-5-25-6-8-26(9-7-25)10-11-27-14-18-29(19-15-27)31-22-20-30(21-23-31)28-16-12-24(4-2)13-17-28/h14-15,18-26,28H,3-13,16-17H2,1-2H3/t24-,25-,26-,28-. The van der Waals surface area contributed by atoms with Crippen LogP contribution in [0.25, 0.3) is 11.1 Å². The lowest BCUT2D eigenvalue weighted by Gasteiger charge is -2.28. The first kappa shape index (κ1) is 22.6. The van der Waals surface area contributed by atoms with Gasteiger partial charge in [0, 0.05) is 0 Å². The first-order valence-electron chi connectivity index (χ1n) is 13.4. The molecule has 2 aromatic carbocycles. The molecule has 0 radical (unpaired) electrons. The van der Waals surface area contributed by atoms with Crippen LogP contribution >= 0.6 is 0 Å². The molecule has 0 saturated heterocycles. The van der Waals surface area contributed by atoms with Crippen molar-refractivity contribution >= 4 is 0 Å². The minimum atomic E-state index is 0.788. The number of hydrogen-bond donors (Lipinski definition) is 0. The summed E-state index contributed by atoms with van der Waals surface area (Å²) >= 11 is 0. The molecule has 0 atom stereocenters. The van der Waals surface area contributed by atoms with E-state index in [-0.39, 0.29) is 0 Å². The van der Waals surface area contributed by atoms with Gasteiger partial charge in [-0.25, -0.2) is 0 Å². The molecule has 31 heavy (non-hydrogen) atoms. The third-order valence-electron chi connectivity index (χ3n) is 8.60. The molecule has 0 amide bonds. The minimum Gasteiger partial charge on any atom is -0.0654 e. The summed E-state index contributed by atoms with van der Waals surface area (Å²) in [4.78, 5) is 0. The van der Waals surface area contributed by atoms with Crippen molar-refractivity contribution in [1.82, 2.24) is 0 Å². The predicted molar refractivity (Wildman–Crippen MR) is 136 cm³/mol. The lowest BCUT2D eigenvalue weighted by molar-refractivity contribution is 0.252. The van der Waals surface area contributed by atoms with E-state index in [4.69, 9.17) is 0 Å². The molecule has 0 heterocycles. The van der Waals surface area contributed by atoms with E-state index in [0.29, 0.717) is 0 Å². The Bertz CT molecular complexity index is 753. The molecule has 0 spiro atoms. The van der Waals surface area contributed by atoms with Gasteiger partial charge in [-0.05, 0) is 84.5 Å². The van der Waals surface area contributed by atoms with Crippen LogP contribution in [0.5, 0.6) is 0 Å². The summed E-state index contributed by atoms with van der Waals surface area (Å²) in [5, 5.41) is 0. The number of hydrogen-bond acceptors (Lipinski definition) is 0. The van der Waals surface area contributed by atoms with E-state index in [2.05, 4.69) is 62.4 Å². The van der Waals surface area contributed by atoms with Crippen LogP contribution in [0, 0.1) is 17.8 Å². The van der Waals surface area contributed by atoms with Crippen molar-refractivity contribution in [2.45, 2.75) is 103 Å². The molecule has 168 valence electrons. The van der Waals surface area contributed by atoms with Gasteiger partial charge in [0.25, 0.3) is 0 Å². The smallest absolute Gasteiger partial charge is 0.0162 e. The van der Waals surface area contributed by atoms with Gasteiger partial charge in [0.15, 0.2) is 0 Å². The van der Waals surface area contributed by atoms with Crippen LogP contribution in [0.15, 0.2) is 48.5 Å². The van der Waals surface area contributed by atoms with Gasteiger partial charge < -0.3 is 0 Å². The fraction of sp³-hybridized carbons (Fsp3) is 0.613. The van der Waals surface area contributed by atoms with Crippen LogP contribution in [0.2, 0.25) is 0 Å². The first-order valence-corrected chi connectivity index (χ1v) is 13.4. The van der Waals surface area contributed by atoms with Crippen LogP contribution < -0.4 is 0 Å². The normalized spacial score (nSPS) is 26.6. The van der Waals surface area contributed by atoms with Crippen LogP contribution in [-0.4, -0.2) is 0 Å². The Kier molecular flexibility index (Phi) is 8.28. The molecule has 0 aromatic heterocycles. The second-order valence-electron chi connectivity index (χ2n) is 10.7. The average molecular weight is 417 g/mol. The fourth-order valence-electron chi connectivity index (χ4n) is 6.30. The molecular formula is C31H44. The zero-order valence-corrected chi connectivity index (χ0v) is 20.1. The topological polar surface area (TPSA) is 0 Å². The zero-order chi connectivity index (χ0) is 21.5. The van der Waals surface area contributed by atoms with E-state index in [1.807, 2.05) is 0 Å². The maximum absolute atomic E-state index is 2.40. The summed E-state index contributed by atoms with van der Waals surface area (Å²) in [5.74, 6) is 3.76. The van der Waals surface area contributed by atoms with Crippen molar-refractivity contribution in [3.63, 3.8) is 0 Å². The Morgan fingerprint density at radius 1 is 0.581 bits per heavy atom. The molecule has 2 saturated carbocycles. The van der Waals surface area contributed by atoms with Crippen LogP contribution in [0.3, 0.4) is 0 Å². The molecule has 0 N–H and O–H groups in total. The van der Waals surface area contributed by atoms with Crippen LogP contribution in [0.4, 0.5) is 0 Å². The van der Waals surface area contributed by atoms with Gasteiger partial charge in [0.05, 0.1) is 0 Å². The van der Waals surface area contributed by atoms with Crippen molar-refractivity contribution in [3.05, 3.63) is 59.7 Å². The second-order valence-corrected chi connectivity index (χ2v) is 10.7. The lowest BCUT2D eigenvalue weighted by Crippen LogP contribution is -2.15. The summed E-state index contributed by atoms with van der Waals surface area (Å²) in [6.07, 6.45) is 18.3. The summed E-state index contributed by atoms with van der Waals surface area (Å²) in [5.41, 5.74) is 5.81. The highest BCUT2D eigenvalue weighted by atomic mass is 14.3. The SMILES string of the molecule is CCC[C@H]1CC[C@H](CCc2ccc(-c3ccc([C@H]4CC[C@H](CC)CC4)cc3)cc2)CC1. The van der Waals surface area contributed by atoms with Crippen LogP contribution in [-0.2, 0) is 6.42 Å². The van der Waals surface area contributed by atoms with E-state index in [1.165, 1.54) is 100 Å². The molecule has 2 aliphatic carbocycles. The molecule has 4 rings (SSSR count). The molecule has 0 heteroatoms. The fourth-order valence-corrected chi connectivity index (χ4v) is 6.30. The average Bonchev–Trinajstić information content (AvgIpc) is 2.84. The third-order valence-corrected chi connectivity index (χ3v) is 8.60. The van der Waals surface area contributed by atoms with Gasteiger partial charge in [-0.2, -0.15) is 0 Å². The van der Waals surface area contributed by atoms with Gasteiger partial charge in [-0.15, -0.1) is 0 Å². The Morgan fingerprint density at radius 3 is 1.65 bits per heavy atom. The quantitative estimate of drug-likeness (QED) is 0.402. The highest BCUT2D eigenvalue weighted by molar-refractivity contribution is 5.64. The molecule has 0 aliphatic heterocycles. The van der Waals surface area contributed by atoms with Crippen LogP contribution in [0.1, 0.15) is 108 Å². The highest BCUT2D eigenvalue weighted by Crippen LogP contribution is 2.37.